The zero-order valence-corrected chi connectivity index (χ0v) is 13.4. The van der Waals surface area contributed by atoms with Gasteiger partial charge in [-0.05, 0) is 38.9 Å². The predicted octanol–water partition coefficient (Wildman–Crippen LogP) is 2.62. The zero-order valence-electron chi connectivity index (χ0n) is 12.6. The molecule has 0 amide bonds. The van der Waals surface area contributed by atoms with Gasteiger partial charge in [0.25, 0.3) is 0 Å². The lowest BCUT2D eigenvalue weighted by atomic mass is 9.66. The SMILES string of the molecule is CC(C)(N)C(C)(C)C(=O)C1CCOC2(CCSC2)C1. The highest BCUT2D eigenvalue weighted by molar-refractivity contribution is 7.99. The fourth-order valence-electron chi connectivity index (χ4n) is 2.94. The van der Waals surface area contributed by atoms with E-state index in [1.807, 2.05) is 39.5 Å². The predicted molar refractivity (Wildman–Crippen MR) is 80.4 cm³/mol. The molecule has 2 N–H and O–H groups in total. The van der Waals surface area contributed by atoms with Crippen LogP contribution < -0.4 is 5.73 Å². The van der Waals surface area contributed by atoms with Crippen molar-refractivity contribution >= 4 is 17.5 Å². The van der Waals surface area contributed by atoms with Crippen LogP contribution in [0.2, 0.25) is 0 Å². The summed E-state index contributed by atoms with van der Waals surface area (Å²) >= 11 is 1.95. The second-order valence-corrected chi connectivity index (χ2v) is 8.34. The van der Waals surface area contributed by atoms with E-state index in [0.29, 0.717) is 5.78 Å². The van der Waals surface area contributed by atoms with Crippen LogP contribution in [0.15, 0.2) is 0 Å². The van der Waals surface area contributed by atoms with Gasteiger partial charge >= 0.3 is 0 Å². The lowest BCUT2D eigenvalue weighted by Gasteiger charge is -2.43. The number of nitrogens with two attached hydrogens (primary N) is 1. The van der Waals surface area contributed by atoms with Crippen LogP contribution in [0.25, 0.3) is 0 Å². The molecule has 2 aliphatic rings. The van der Waals surface area contributed by atoms with Crippen LogP contribution in [0.1, 0.15) is 47.0 Å². The Hall–Kier alpha value is -0.0600. The molecule has 0 aliphatic carbocycles. The quantitative estimate of drug-likeness (QED) is 0.866. The minimum absolute atomic E-state index is 0.0297. The van der Waals surface area contributed by atoms with E-state index in [2.05, 4.69) is 0 Å². The number of hydrogen-bond donors (Lipinski definition) is 1. The average Bonchev–Trinajstić information content (AvgIpc) is 2.74. The molecule has 2 atom stereocenters. The molecule has 110 valence electrons. The summed E-state index contributed by atoms with van der Waals surface area (Å²) in [6, 6.07) is 0. The van der Waals surface area contributed by atoms with E-state index < -0.39 is 11.0 Å². The Labute approximate surface area is 121 Å². The number of carbonyl (C=O) groups is 1. The van der Waals surface area contributed by atoms with Crippen molar-refractivity contribution in [3.05, 3.63) is 0 Å². The summed E-state index contributed by atoms with van der Waals surface area (Å²) in [6.07, 6.45) is 2.83. The number of rotatable bonds is 3. The number of thioether (sulfide) groups is 1. The molecule has 2 saturated heterocycles. The van der Waals surface area contributed by atoms with Crippen molar-refractivity contribution in [3.63, 3.8) is 0 Å². The third-order valence-electron chi connectivity index (χ3n) is 5.16. The van der Waals surface area contributed by atoms with Crippen molar-refractivity contribution < 1.29 is 9.53 Å². The van der Waals surface area contributed by atoms with Crippen molar-refractivity contribution in [1.29, 1.82) is 0 Å². The van der Waals surface area contributed by atoms with Crippen LogP contribution >= 0.6 is 11.8 Å². The van der Waals surface area contributed by atoms with Gasteiger partial charge in [-0.1, -0.05) is 13.8 Å². The van der Waals surface area contributed by atoms with Crippen LogP contribution in [-0.2, 0) is 9.53 Å². The summed E-state index contributed by atoms with van der Waals surface area (Å²) in [5.74, 6) is 2.64. The second kappa shape index (κ2) is 5.05. The van der Waals surface area contributed by atoms with E-state index >= 15 is 0 Å². The van der Waals surface area contributed by atoms with Crippen molar-refractivity contribution in [2.75, 3.05) is 18.1 Å². The van der Waals surface area contributed by atoms with E-state index in [4.69, 9.17) is 10.5 Å². The van der Waals surface area contributed by atoms with E-state index in [1.165, 1.54) is 0 Å². The Morgan fingerprint density at radius 1 is 1.37 bits per heavy atom. The first-order chi connectivity index (χ1) is 8.68. The van der Waals surface area contributed by atoms with Gasteiger partial charge in [0.1, 0.15) is 5.78 Å². The van der Waals surface area contributed by atoms with E-state index in [0.717, 1.165) is 37.4 Å². The van der Waals surface area contributed by atoms with E-state index in [9.17, 15) is 4.79 Å². The zero-order chi connectivity index (χ0) is 14.3. The van der Waals surface area contributed by atoms with Gasteiger partial charge in [-0.3, -0.25) is 4.79 Å². The largest absolute Gasteiger partial charge is 0.374 e. The van der Waals surface area contributed by atoms with Crippen molar-refractivity contribution in [3.8, 4) is 0 Å². The number of ether oxygens (including phenoxy) is 1. The highest BCUT2D eigenvalue weighted by Crippen LogP contribution is 2.43. The standard InChI is InChI=1S/C15H27NO2S/c1-13(2,14(3,4)16)12(17)11-5-7-18-15(9-11)6-8-19-10-15/h11H,5-10,16H2,1-4H3. The Balaban J connectivity index is 2.11. The molecule has 2 heterocycles. The van der Waals surface area contributed by atoms with E-state index in [1.54, 1.807) is 0 Å². The number of ketones is 1. The third kappa shape index (κ3) is 2.86. The van der Waals surface area contributed by atoms with Gasteiger partial charge in [-0.2, -0.15) is 11.8 Å². The number of Topliss-reactive ketones (excluding diaryl/α,β-unsaturated/α-hetero) is 1. The number of carbonyl (C=O) groups excluding carboxylic acids is 1. The van der Waals surface area contributed by atoms with Crippen LogP contribution in [0.5, 0.6) is 0 Å². The molecule has 3 nitrogen and oxygen atoms in total. The summed E-state index contributed by atoms with van der Waals surface area (Å²) in [5.41, 5.74) is 5.21. The van der Waals surface area contributed by atoms with Gasteiger partial charge in [0.2, 0.25) is 0 Å². The lowest BCUT2D eigenvalue weighted by molar-refractivity contribution is -0.144. The first kappa shape index (κ1) is 15.3. The Kier molecular flexibility index (Phi) is 4.07. The van der Waals surface area contributed by atoms with Crippen LogP contribution in [0, 0.1) is 11.3 Å². The van der Waals surface area contributed by atoms with Gasteiger partial charge in [0.05, 0.1) is 5.60 Å². The van der Waals surface area contributed by atoms with Gasteiger partial charge in [-0.15, -0.1) is 0 Å². The fraction of sp³-hybridized carbons (Fsp3) is 0.933. The Morgan fingerprint density at radius 2 is 2.05 bits per heavy atom. The molecule has 0 aromatic carbocycles. The molecule has 2 fully saturated rings. The molecule has 0 aromatic heterocycles. The molecule has 0 bridgehead atoms. The molecule has 0 radical (unpaired) electrons. The third-order valence-corrected chi connectivity index (χ3v) is 6.38. The maximum atomic E-state index is 12.9. The first-order valence-corrected chi connectivity index (χ1v) is 8.38. The topological polar surface area (TPSA) is 52.3 Å². The summed E-state index contributed by atoms with van der Waals surface area (Å²) < 4.78 is 6.00. The molecule has 19 heavy (non-hydrogen) atoms. The first-order valence-electron chi connectivity index (χ1n) is 7.23. The molecule has 4 heteroatoms. The molecular weight excluding hydrogens is 258 g/mol. The van der Waals surface area contributed by atoms with Gasteiger partial charge in [0, 0.05) is 29.2 Å². The average molecular weight is 285 g/mol. The summed E-state index contributed by atoms with van der Waals surface area (Å²) in [5, 5.41) is 0. The van der Waals surface area contributed by atoms with Gasteiger partial charge < -0.3 is 10.5 Å². The molecule has 2 rings (SSSR count). The van der Waals surface area contributed by atoms with Crippen molar-refractivity contribution in [2.24, 2.45) is 17.1 Å². The molecular formula is C15H27NO2S. The Morgan fingerprint density at radius 3 is 2.58 bits per heavy atom. The smallest absolute Gasteiger partial charge is 0.143 e. The molecule has 1 spiro atoms. The normalized spacial score (nSPS) is 32.8. The van der Waals surface area contributed by atoms with Crippen molar-refractivity contribution in [1.82, 2.24) is 0 Å². The Bertz CT molecular complexity index is 354. The maximum absolute atomic E-state index is 12.9. The number of hydrogen-bond acceptors (Lipinski definition) is 4. The highest BCUT2D eigenvalue weighted by Gasteiger charge is 2.48. The molecule has 0 aromatic rings. The highest BCUT2D eigenvalue weighted by atomic mass is 32.2. The second-order valence-electron chi connectivity index (χ2n) is 7.23. The lowest BCUT2D eigenvalue weighted by Crippen LogP contribution is -2.55. The van der Waals surface area contributed by atoms with Crippen LogP contribution in [0.4, 0.5) is 0 Å². The fourth-order valence-corrected chi connectivity index (χ4v) is 4.32. The van der Waals surface area contributed by atoms with Crippen LogP contribution in [-0.4, -0.2) is 35.0 Å². The minimum Gasteiger partial charge on any atom is -0.374 e. The summed E-state index contributed by atoms with van der Waals surface area (Å²) in [7, 11) is 0. The van der Waals surface area contributed by atoms with Gasteiger partial charge in [0.15, 0.2) is 0 Å². The minimum atomic E-state index is -0.486. The van der Waals surface area contributed by atoms with E-state index in [-0.39, 0.29) is 11.5 Å². The molecule has 0 saturated carbocycles. The molecule has 2 unspecified atom stereocenters. The maximum Gasteiger partial charge on any atom is 0.143 e. The van der Waals surface area contributed by atoms with Crippen molar-refractivity contribution in [2.45, 2.75) is 58.1 Å². The molecule has 2 aliphatic heterocycles. The summed E-state index contributed by atoms with van der Waals surface area (Å²) in [4.78, 5) is 12.9. The monoisotopic (exact) mass is 285 g/mol. The summed E-state index contributed by atoms with van der Waals surface area (Å²) in [6.45, 7) is 8.59. The van der Waals surface area contributed by atoms with Crippen LogP contribution in [0.3, 0.4) is 0 Å². The van der Waals surface area contributed by atoms with Gasteiger partial charge in [-0.25, -0.2) is 0 Å².